The molecule has 3 N–H and O–H groups in total. The molecule has 0 heterocycles. The smallest absolute Gasteiger partial charge is 0.168 e. The Morgan fingerprint density at radius 1 is 1.50 bits per heavy atom. The monoisotopic (exact) mass is 205 g/mol. The molecule has 0 radical (unpaired) electrons. The van der Waals surface area contributed by atoms with Gasteiger partial charge in [0.1, 0.15) is 0 Å². The number of halogens is 2. The molecule has 4 heteroatoms. The molecule has 0 unspecified atom stereocenters. The van der Waals surface area contributed by atoms with E-state index < -0.39 is 11.6 Å². The Hall–Kier alpha value is -0.770. The van der Waals surface area contributed by atoms with Crippen LogP contribution in [0.15, 0.2) is 16.6 Å². The number of nitrogens with two attached hydrogens (primary N) is 1. The number of rotatable bonds is 0. The van der Waals surface area contributed by atoms with Crippen molar-refractivity contribution in [2.75, 3.05) is 5.73 Å². The third-order valence-electron chi connectivity index (χ3n) is 1.04. The summed E-state index contributed by atoms with van der Waals surface area (Å²) in [7, 11) is 0. The van der Waals surface area contributed by atoms with Gasteiger partial charge in [-0.1, -0.05) is 0 Å². The lowest BCUT2D eigenvalue weighted by molar-refractivity contribution is 0.429. The van der Waals surface area contributed by atoms with E-state index in [9.17, 15) is 4.39 Å². The van der Waals surface area contributed by atoms with Crippen molar-refractivity contribution in [2.45, 2.75) is 0 Å². The zero-order valence-corrected chi connectivity index (χ0v) is 6.52. The lowest BCUT2D eigenvalue weighted by Crippen LogP contribution is -1.86. The minimum absolute atomic E-state index is 0.269. The Morgan fingerprint density at radius 2 is 2.10 bits per heavy atom. The summed E-state index contributed by atoms with van der Waals surface area (Å²) in [5.74, 6) is -1.12. The topological polar surface area (TPSA) is 46.2 Å². The fourth-order valence-corrected chi connectivity index (χ4v) is 1.04. The largest absolute Gasteiger partial charge is 0.504 e. The first kappa shape index (κ1) is 7.34. The Bertz CT molecular complexity index is 241. The third-order valence-corrected chi connectivity index (χ3v) is 1.64. The van der Waals surface area contributed by atoms with Crippen LogP contribution in [-0.4, -0.2) is 5.11 Å². The van der Waals surface area contributed by atoms with Crippen LogP contribution >= 0.6 is 15.9 Å². The van der Waals surface area contributed by atoms with Crippen LogP contribution in [0.25, 0.3) is 0 Å². The van der Waals surface area contributed by atoms with Gasteiger partial charge in [-0.15, -0.1) is 0 Å². The Morgan fingerprint density at radius 3 is 2.60 bits per heavy atom. The zero-order valence-electron chi connectivity index (χ0n) is 4.94. The molecule has 1 aromatic rings. The molecule has 0 spiro atoms. The highest BCUT2D eigenvalue weighted by molar-refractivity contribution is 9.10. The standard InChI is InChI=1S/C6H5BrFNO/c7-4-1-3(9)2-5(8)6(4)10/h1-2,10H,9H2. The molecule has 0 saturated heterocycles. The summed E-state index contributed by atoms with van der Waals surface area (Å²) in [6.45, 7) is 0. The fourth-order valence-electron chi connectivity index (χ4n) is 0.585. The van der Waals surface area contributed by atoms with Crippen LogP contribution in [0, 0.1) is 5.82 Å². The summed E-state index contributed by atoms with van der Waals surface area (Å²) >= 11 is 2.93. The number of nitrogen functional groups attached to an aromatic ring is 1. The number of hydrogen-bond donors (Lipinski definition) is 2. The minimum Gasteiger partial charge on any atom is -0.504 e. The van der Waals surface area contributed by atoms with Gasteiger partial charge in [-0.05, 0) is 22.0 Å². The summed E-state index contributed by atoms with van der Waals surface area (Å²) < 4.78 is 12.7. The molecule has 0 bridgehead atoms. The van der Waals surface area contributed by atoms with Gasteiger partial charge in [-0.25, -0.2) is 4.39 Å². The molecule has 0 aliphatic heterocycles. The van der Waals surface area contributed by atoms with Crippen LogP contribution in [0.4, 0.5) is 10.1 Å². The molecule has 10 heavy (non-hydrogen) atoms. The van der Waals surface area contributed by atoms with Crippen molar-refractivity contribution < 1.29 is 9.50 Å². The van der Waals surface area contributed by atoms with E-state index in [4.69, 9.17) is 10.8 Å². The molecule has 0 aliphatic rings. The maximum absolute atomic E-state index is 12.5. The molecule has 54 valence electrons. The molecule has 2 nitrogen and oxygen atoms in total. The average Bonchev–Trinajstić information content (AvgIpc) is 1.82. The van der Waals surface area contributed by atoms with Gasteiger partial charge in [-0.2, -0.15) is 0 Å². The fraction of sp³-hybridized carbons (Fsp3) is 0. The van der Waals surface area contributed by atoms with E-state index in [2.05, 4.69) is 15.9 Å². The summed E-state index contributed by atoms with van der Waals surface area (Å²) in [6, 6.07) is 2.48. The van der Waals surface area contributed by atoms with Crippen molar-refractivity contribution in [1.82, 2.24) is 0 Å². The third kappa shape index (κ3) is 1.21. The Balaban J connectivity index is 3.31. The number of aromatic hydroxyl groups is 1. The van der Waals surface area contributed by atoms with E-state index in [0.717, 1.165) is 6.07 Å². The summed E-state index contributed by atoms with van der Waals surface area (Å²) in [5, 5.41) is 8.85. The second-order valence-corrected chi connectivity index (χ2v) is 2.69. The van der Waals surface area contributed by atoms with Crippen LogP contribution in [0.2, 0.25) is 0 Å². The highest BCUT2D eigenvalue weighted by atomic mass is 79.9. The second kappa shape index (κ2) is 2.46. The molecule has 0 aliphatic carbocycles. The Kier molecular flexibility index (Phi) is 1.80. The molecule has 1 rings (SSSR count). The van der Waals surface area contributed by atoms with Gasteiger partial charge < -0.3 is 10.8 Å². The molecular weight excluding hydrogens is 201 g/mol. The van der Waals surface area contributed by atoms with Crippen molar-refractivity contribution in [1.29, 1.82) is 0 Å². The first-order chi connectivity index (χ1) is 4.61. The van der Waals surface area contributed by atoms with Crippen molar-refractivity contribution in [2.24, 2.45) is 0 Å². The maximum Gasteiger partial charge on any atom is 0.168 e. The molecule has 0 saturated carbocycles. The van der Waals surface area contributed by atoms with E-state index in [-0.39, 0.29) is 10.2 Å². The molecule has 0 aromatic heterocycles. The number of phenols is 1. The molecular formula is C6H5BrFNO. The van der Waals surface area contributed by atoms with Crippen LogP contribution in [0.3, 0.4) is 0 Å². The summed E-state index contributed by atoms with van der Waals surface area (Å²) in [4.78, 5) is 0. The van der Waals surface area contributed by atoms with Gasteiger partial charge in [0, 0.05) is 11.8 Å². The van der Waals surface area contributed by atoms with E-state index in [1.165, 1.54) is 6.07 Å². The molecule has 1 aromatic carbocycles. The Labute approximate surface area is 65.6 Å². The molecule has 0 atom stereocenters. The highest BCUT2D eigenvalue weighted by Gasteiger charge is 2.04. The van der Waals surface area contributed by atoms with Crippen LogP contribution in [0.5, 0.6) is 5.75 Å². The van der Waals surface area contributed by atoms with Gasteiger partial charge in [0.2, 0.25) is 0 Å². The first-order valence-corrected chi connectivity index (χ1v) is 3.34. The molecule has 0 amide bonds. The van der Waals surface area contributed by atoms with Gasteiger partial charge in [-0.3, -0.25) is 0 Å². The second-order valence-electron chi connectivity index (χ2n) is 1.83. The van der Waals surface area contributed by atoms with Crippen molar-refractivity contribution in [3.8, 4) is 5.75 Å². The van der Waals surface area contributed by atoms with Gasteiger partial charge in [0.15, 0.2) is 11.6 Å². The maximum atomic E-state index is 12.5. The number of anilines is 1. The van der Waals surface area contributed by atoms with Crippen molar-refractivity contribution in [3.63, 3.8) is 0 Å². The number of phenolic OH excluding ortho intramolecular Hbond substituents is 1. The quantitative estimate of drug-likeness (QED) is 0.502. The highest BCUT2D eigenvalue weighted by Crippen LogP contribution is 2.28. The van der Waals surface area contributed by atoms with Gasteiger partial charge in [0.05, 0.1) is 4.47 Å². The number of hydrogen-bond acceptors (Lipinski definition) is 2. The van der Waals surface area contributed by atoms with Crippen LogP contribution in [0.1, 0.15) is 0 Å². The predicted octanol–water partition coefficient (Wildman–Crippen LogP) is 1.88. The SMILES string of the molecule is Nc1cc(F)c(O)c(Br)c1. The minimum atomic E-state index is -0.716. The zero-order chi connectivity index (χ0) is 7.72. The summed E-state index contributed by atoms with van der Waals surface area (Å²) in [6.07, 6.45) is 0. The van der Waals surface area contributed by atoms with E-state index >= 15 is 0 Å². The van der Waals surface area contributed by atoms with Crippen LogP contribution in [-0.2, 0) is 0 Å². The first-order valence-electron chi connectivity index (χ1n) is 2.54. The van der Waals surface area contributed by atoms with E-state index in [1.54, 1.807) is 0 Å². The normalized spacial score (nSPS) is 9.80. The summed E-state index contributed by atoms with van der Waals surface area (Å²) in [5.41, 5.74) is 5.53. The number of benzene rings is 1. The van der Waals surface area contributed by atoms with Crippen molar-refractivity contribution in [3.05, 3.63) is 22.4 Å². The predicted molar refractivity (Wildman–Crippen MR) is 40.2 cm³/mol. The lowest BCUT2D eigenvalue weighted by atomic mass is 10.3. The van der Waals surface area contributed by atoms with Gasteiger partial charge >= 0.3 is 0 Å². The van der Waals surface area contributed by atoms with Crippen molar-refractivity contribution >= 4 is 21.6 Å². The van der Waals surface area contributed by atoms with E-state index in [1.807, 2.05) is 0 Å². The lowest BCUT2D eigenvalue weighted by Gasteiger charge is -1.98. The average molecular weight is 206 g/mol. The molecule has 0 fully saturated rings. The van der Waals surface area contributed by atoms with Crippen LogP contribution < -0.4 is 5.73 Å². The van der Waals surface area contributed by atoms with E-state index in [0.29, 0.717) is 0 Å². The van der Waals surface area contributed by atoms with Gasteiger partial charge in [0.25, 0.3) is 0 Å².